The summed E-state index contributed by atoms with van der Waals surface area (Å²) in [6.07, 6.45) is 2.59. The molecule has 0 saturated heterocycles. The van der Waals surface area contributed by atoms with Gasteiger partial charge in [0.2, 0.25) is 5.13 Å². The van der Waals surface area contributed by atoms with Gasteiger partial charge in [-0.25, -0.2) is 0 Å². The van der Waals surface area contributed by atoms with E-state index in [1.165, 1.54) is 0 Å². The van der Waals surface area contributed by atoms with Gasteiger partial charge in [0.05, 0.1) is 6.10 Å². The molecule has 72 valence electrons. The van der Waals surface area contributed by atoms with Gasteiger partial charge in [0.15, 0.2) is 0 Å². The van der Waals surface area contributed by atoms with Crippen LogP contribution in [-0.4, -0.2) is 29.5 Å². The molecule has 1 aliphatic rings. The second-order valence-corrected chi connectivity index (χ2v) is 4.48. The number of aryl methyl sites for hydroxylation is 1. The van der Waals surface area contributed by atoms with Crippen molar-refractivity contribution < 1.29 is 4.74 Å². The minimum absolute atomic E-state index is 0.437. The van der Waals surface area contributed by atoms with Crippen LogP contribution in [0.2, 0.25) is 0 Å². The Labute approximate surface area is 81.3 Å². The van der Waals surface area contributed by atoms with Crippen molar-refractivity contribution in [1.82, 2.24) is 10.2 Å². The van der Waals surface area contributed by atoms with E-state index in [4.69, 9.17) is 4.74 Å². The summed E-state index contributed by atoms with van der Waals surface area (Å²) in [7, 11) is 1.76. The van der Waals surface area contributed by atoms with Crippen LogP contribution in [0, 0.1) is 6.92 Å². The molecule has 1 aliphatic carbocycles. The number of anilines is 1. The van der Waals surface area contributed by atoms with Gasteiger partial charge >= 0.3 is 0 Å². The lowest BCUT2D eigenvalue weighted by Gasteiger charge is -2.34. The van der Waals surface area contributed by atoms with Crippen molar-refractivity contribution in [2.45, 2.75) is 31.9 Å². The lowest BCUT2D eigenvalue weighted by atomic mass is 9.89. The average Bonchev–Trinajstić information content (AvgIpc) is 2.43. The summed E-state index contributed by atoms with van der Waals surface area (Å²) in [5.74, 6) is 0. The van der Waals surface area contributed by atoms with Crippen molar-refractivity contribution in [3.8, 4) is 0 Å². The first-order valence-electron chi connectivity index (χ1n) is 4.37. The van der Waals surface area contributed by atoms with Gasteiger partial charge in [-0.3, -0.25) is 0 Å². The van der Waals surface area contributed by atoms with Crippen molar-refractivity contribution in [3.63, 3.8) is 0 Å². The van der Waals surface area contributed by atoms with Gasteiger partial charge in [-0.1, -0.05) is 11.3 Å². The van der Waals surface area contributed by atoms with E-state index in [2.05, 4.69) is 15.5 Å². The molecule has 1 aromatic rings. The monoisotopic (exact) mass is 199 g/mol. The van der Waals surface area contributed by atoms with Crippen LogP contribution in [0.15, 0.2) is 0 Å². The van der Waals surface area contributed by atoms with Crippen LogP contribution in [-0.2, 0) is 4.74 Å². The van der Waals surface area contributed by atoms with Crippen LogP contribution in [0.3, 0.4) is 0 Å². The molecule has 2 rings (SSSR count). The highest BCUT2D eigenvalue weighted by Gasteiger charge is 2.29. The second kappa shape index (κ2) is 3.59. The molecule has 0 bridgehead atoms. The lowest BCUT2D eigenvalue weighted by Crippen LogP contribution is -2.40. The number of hydrogen-bond acceptors (Lipinski definition) is 5. The number of nitrogens with one attached hydrogen (secondary N) is 1. The van der Waals surface area contributed by atoms with E-state index in [0.29, 0.717) is 12.1 Å². The highest BCUT2D eigenvalue weighted by atomic mass is 32.1. The largest absolute Gasteiger partial charge is 0.381 e. The van der Waals surface area contributed by atoms with Crippen LogP contribution in [0.1, 0.15) is 17.8 Å². The van der Waals surface area contributed by atoms with Crippen LogP contribution in [0.4, 0.5) is 5.13 Å². The van der Waals surface area contributed by atoms with Crippen molar-refractivity contribution in [1.29, 1.82) is 0 Å². The molecule has 5 heteroatoms. The highest BCUT2D eigenvalue weighted by Crippen LogP contribution is 2.27. The molecule has 0 unspecified atom stereocenters. The van der Waals surface area contributed by atoms with Crippen molar-refractivity contribution in [3.05, 3.63) is 5.01 Å². The minimum Gasteiger partial charge on any atom is -0.381 e. The summed E-state index contributed by atoms with van der Waals surface area (Å²) in [6.45, 7) is 1.96. The molecule has 1 aromatic heterocycles. The summed E-state index contributed by atoms with van der Waals surface area (Å²) in [4.78, 5) is 0. The van der Waals surface area contributed by atoms with Crippen LogP contribution in [0.5, 0.6) is 0 Å². The minimum atomic E-state index is 0.437. The van der Waals surface area contributed by atoms with E-state index in [0.717, 1.165) is 23.0 Å². The Balaban J connectivity index is 1.81. The SMILES string of the molecule is COC1CC(Nc2nnc(C)s2)C1. The average molecular weight is 199 g/mol. The first kappa shape index (κ1) is 8.90. The fraction of sp³-hybridized carbons (Fsp3) is 0.750. The summed E-state index contributed by atoms with van der Waals surface area (Å²) in [5.41, 5.74) is 0. The van der Waals surface area contributed by atoms with Gasteiger partial charge < -0.3 is 10.1 Å². The van der Waals surface area contributed by atoms with E-state index < -0.39 is 0 Å². The summed E-state index contributed by atoms with van der Waals surface area (Å²) in [5, 5.41) is 13.2. The molecule has 1 saturated carbocycles. The first-order chi connectivity index (χ1) is 6.28. The van der Waals surface area contributed by atoms with Gasteiger partial charge in [0.25, 0.3) is 0 Å². The molecule has 1 N–H and O–H groups in total. The molecule has 4 nitrogen and oxygen atoms in total. The smallest absolute Gasteiger partial charge is 0.205 e. The normalized spacial score (nSPS) is 26.9. The highest BCUT2D eigenvalue weighted by molar-refractivity contribution is 7.15. The van der Waals surface area contributed by atoms with E-state index in [-0.39, 0.29) is 0 Å². The predicted octanol–water partition coefficient (Wildman–Crippen LogP) is 1.44. The van der Waals surface area contributed by atoms with Gasteiger partial charge in [-0.05, 0) is 19.8 Å². The molecule has 0 aliphatic heterocycles. The maximum atomic E-state index is 5.19. The Hall–Kier alpha value is -0.680. The Bertz CT molecular complexity index is 283. The standard InChI is InChI=1S/C8H13N3OS/c1-5-10-11-8(13-5)9-6-3-7(4-6)12-2/h6-7H,3-4H2,1-2H3,(H,9,11). The third-order valence-electron chi connectivity index (χ3n) is 2.28. The van der Waals surface area contributed by atoms with Crippen LogP contribution < -0.4 is 5.32 Å². The van der Waals surface area contributed by atoms with Gasteiger partial charge in [-0.2, -0.15) is 0 Å². The number of hydrogen-bond donors (Lipinski definition) is 1. The van der Waals surface area contributed by atoms with Crippen LogP contribution in [0.25, 0.3) is 0 Å². The lowest BCUT2D eigenvalue weighted by molar-refractivity contribution is 0.0328. The number of methoxy groups -OCH3 is 1. The van der Waals surface area contributed by atoms with Gasteiger partial charge in [0.1, 0.15) is 5.01 Å². The van der Waals surface area contributed by atoms with E-state index >= 15 is 0 Å². The molecule has 0 amide bonds. The number of ether oxygens (including phenoxy) is 1. The van der Waals surface area contributed by atoms with Crippen molar-refractivity contribution in [2.24, 2.45) is 0 Å². The molecule has 13 heavy (non-hydrogen) atoms. The Morgan fingerprint density at radius 1 is 1.46 bits per heavy atom. The second-order valence-electron chi connectivity index (χ2n) is 3.30. The third-order valence-corrected chi connectivity index (χ3v) is 3.05. The fourth-order valence-electron chi connectivity index (χ4n) is 1.41. The maximum absolute atomic E-state index is 5.19. The van der Waals surface area contributed by atoms with Gasteiger partial charge in [-0.15, -0.1) is 10.2 Å². The molecule has 0 spiro atoms. The number of nitrogens with zero attached hydrogens (tertiary/aromatic N) is 2. The quantitative estimate of drug-likeness (QED) is 0.800. The van der Waals surface area contributed by atoms with E-state index in [1.807, 2.05) is 6.92 Å². The van der Waals surface area contributed by atoms with Crippen molar-refractivity contribution >= 4 is 16.5 Å². The van der Waals surface area contributed by atoms with Crippen LogP contribution >= 0.6 is 11.3 Å². The zero-order chi connectivity index (χ0) is 9.26. The zero-order valence-corrected chi connectivity index (χ0v) is 8.60. The fourth-order valence-corrected chi connectivity index (χ4v) is 2.07. The van der Waals surface area contributed by atoms with Gasteiger partial charge in [0, 0.05) is 13.2 Å². The summed E-state index contributed by atoms with van der Waals surface area (Å²) >= 11 is 1.60. The molecule has 1 heterocycles. The first-order valence-corrected chi connectivity index (χ1v) is 5.19. The Morgan fingerprint density at radius 3 is 2.77 bits per heavy atom. The summed E-state index contributed by atoms with van der Waals surface area (Å²) in [6, 6.07) is 0.525. The molecule has 0 atom stereocenters. The molecule has 0 radical (unpaired) electrons. The molecular formula is C8H13N3OS. The Kier molecular flexibility index (Phi) is 2.46. The zero-order valence-electron chi connectivity index (χ0n) is 7.78. The topological polar surface area (TPSA) is 47.0 Å². The van der Waals surface area contributed by atoms with E-state index in [1.54, 1.807) is 18.4 Å². The maximum Gasteiger partial charge on any atom is 0.205 e. The third kappa shape index (κ3) is 1.97. The number of aromatic nitrogens is 2. The Morgan fingerprint density at radius 2 is 2.23 bits per heavy atom. The van der Waals surface area contributed by atoms with Crippen molar-refractivity contribution in [2.75, 3.05) is 12.4 Å². The van der Waals surface area contributed by atoms with E-state index in [9.17, 15) is 0 Å². The predicted molar refractivity (Wildman–Crippen MR) is 52.1 cm³/mol. The number of rotatable bonds is 3. The molecular weight excluding hydrogens is 186 g/mol. The molecule has 1 fully saturated rings. The summed E-state index contributed by atoms with van der Waals surface area (Å²) < 4.78 is 5.19. The molecule has 0 aromatic carbocycles.